The zero-order valence-corrected chi connectivity index (χ0v) is 17.5. The largest absolute Gasteiger partial charge is 0.347 e. The summed E-state index contributed by atoms with van der Waals surface area (Å²) in [5.74, 6) is -0.0721. The summed E-state index contributed by atoms with van der Waals surface area (Å²) in [6.45, 7) is 8.91. The van der Waals surface area contributed by atoms with Crippen LogP contribution in [0, 0.1) is 11.3 Å². The lowest BCUT2D eigenvalue weighted by molar-refractivity contribution is -0.133. The first kappa shape index (κ1) is 20.8. The van der Waals surface area contributed by atoms with Gasteiger partial charge in [0.05, 0.1) is 6.54 Å². The molecule has 2 aliphatic heterocycles. The third kappa shape index (κ3) is 5.57. The molecule has 2 aliphatic rings. The first-order chi connectivity index (χ1) is 13.5. The second-order valence-electron chi connectivity index (χ2n) is 8.91. The Morgan fingerprint density at radius 3 is 2.64 bits per heavy atom. The molecule has 1 atom stereocenters. The van der Waals surface area contributed by atoms with Crippen LogP contribution in [0.4, 0.5) is 0 Å². The topological polar surface area (TPSA) is 52.7 Å². The molecule has 1 unspecified atom stereocenters. The molecule has 1 spiro atoms. The first-order valence-electron chi connectivity index (χ1n) is 10.8. The van der Waals surface area contributed by atoms with E-state index >= 15 is 0 Å². The van der Waals surface area contributed by atoms with Crippen molar-refractivity contribution < 1.29 is 9.59 Å². The van der Waals surface area contributed by atoms with Crippen LogP contribution < -0.4 is 5.32 Å². The summed E-state index contributed by atoms with van der Waals surface area (Å²) < 4.78 is 0. The van der Waals surface area contributed by atoms with Gasteiger partial charge in [-0.2, -0.15) is 0 Å². The second kappa shape index (κ2) is 9.55. The Hall–Kier alpha value is -1.88. The molecule has 2 fully saturated rings. The van der Waals surface area contributed by atoms with Crippen LogP contribution in [-0.2, 0) is 16.0 Å². The van der Waals surface area contributed by atoms with E-state index in [0.29, 0.717) is 0 Å². The van der Waals surface area contributed by atoms with E-state index in [1.165, 1.54) is 31.4 Å². The molecule has 0 bridgehead atoms. The number of piperidine rings is 1. The molecule has 5 heteroatoms. The smallest absolute Gasteiger partial charge is 0.241 e. The van der Waals surface area contributed by atoms with Crippen molar-refractivity contribution in [3.8, 4) is 0 Å². The molecular formula is C23H35N3O2. The van der Waals surface area contributed by atoms with Crippen molar-refractivity contribution in [2.24, 2.45) is 11.3 Å². The Morgan fingerprint density at radius 2 is 1.89 bits per heavy atom. The van der Waals surface area contributed by atoms with Gasteiger partial charge in [-0.05, 0) is 50.8 Å². The molecule has 2 saturated heterocycles. The number of hydrogen-bond acceptors (Lipinski definition) is 3. The molecule has 0 radical (unpaired) electrons. The van der Waals surface area contributed by atoms with Gasteiger partial charge in [0.15, 0.2) is 0 Å². The van der Waals surface area contributed by atoms with Gasteiger partial charge in [0.2, 0.25) is 11.8 Å². The number of likely N-dealkylation sites (tertiary alicyclic amines) is 2. The molecule has 1 aromatic carbocycles. The van der Waals surface area contributed by atoms with Crippen LogP contribution >= 0.6 is 0 Å². The highest BCUT2D eigenvalue weighted by atomic mass is 16.2. The SMILES string of the molecule is CC(C)C(=O)NCC(=O)N1CCC2(CCCN(CCCc3ccccc3)C2)C1. The summed E-state index contributed by atoms with van der Waals surface area (Å²) in [5.41, 5.74) is 1.67. The predicted molar refractivity (Wildman–Crippen MR) is 112 cm³/mol. The normalized spacial score (nSPS) is 22.8. The maximum absolute atomic E-state index is 12.5. The molecule has 2 amide bonds. The molecule has 3 rings (SSSR count). The van der Waals surface area contributed by atoms with Crippen LogP contribution in [0.3, 0.4) is 0 Å². The van der Waals surface area contributed by atoms with E-state index in [-0.39, 0.29) is 29.7 Å². The van der Waals surface area contributed by atoms with E-state index in [0.717, 1.165) is 39.0 Å². The highest BCUT2D eigenvalue weighted by molar-refractivity contribution is 5.85. The monoisotopic (exact) mass is 385 g/mol. The van der Waals surface area contributed by atoms with Crippen LogP contribution in [-0.4, -0.2) is 60.9 Å². The minimum Gasteiger partial charge on any atom is -0.347 e. The van der Waals surface area contributed by atoms with Crippen LogP contribution in [0.15, 0.2) is 30.3 Å². The fraction of sp³-hybridized carbons (Fsp3) is 0.652. The summed E-state index contributed by atoms with van der Waals surface area (Å²) >= 11 is 0. The molecule has 2 heterocycles. The number of aryl methyl sites for hydroxylation is 1. The molecular weight excluding hydrogens is 350 g/mol. The van der Waals surface area contributed by atoms with Crippen molar-refractivity contribution >= 4 is 11.8 Å². The van der Waals surface area contributed by atoms with Crippen molar-refractivity contribution in [1.29, 1.82) is 0 Å². The standard InChI is InChI=1S/C23H35N3O2/c1-19(2)22(28)24-16-21(27)26-15-12-23(18-26)11-7-14-25(17-23)13-6-10-20-8-4-3-5-9-20/h3-5,8-9,19H,6-7,10-18H2,1-2H3,(H,24,28). The average Bonchev–Trinajstić information content (AvgIpc) is 3.10. The quantitative estimate of drug-likeness (QED) is 0.785. The number of carbonyl (C=O) groups excluding carboxylic acids is 2. The number of benzene rings is 1. The molecule has 0 aromatic heterocycles. The lowest BCUT2D eigenvalue weighted by Crippen LogP contribution is -2.46. The Kier molecular flexibility index (Phi) is 7.11. The Morgan fingerprint density at radius 1 is 1.11 bits per heavy atom. The number of hydrogen-bond donors (Lipinski definition) is 1. The molecule has 1 N–H and O–H groups in total. The summed E-state index contributed by atoms with van der Waals surface area (Å²) in [7, 11) is 0. The summed E-state index contributed by atoms with van der Waals surface area (Å²) in [4.78, 5) is 28.8. The van der Waals surface area contributed by atoms with Gasteiger partial charge < -0.3 is 15.1 Å². The maximum atomic E-state index is 12.5. The van der Waals surface area contributed by atoms with Crippen LogP contribution in [0.2, 0.25) is 0 Å². The predicted octanol–water partition coefficient (Wildman–Crippen LogP) is 2.71. The zero-order valence-electron chi connectivity index (χ0n) is 17.5. The van der Waals surface area contributed by atoms with Crippen LogP contribution in [0.25, 0.3) is 0 Å². The van der Waals surface area contributed by atoms with Crippen molar-refractivity contribution in [3.63, 3.8) is 0 Å². The van der Waals surface area contributed by atoms with Gasteiger partial charge in [0.25, 0.3) is 0 Å². The number of nitrogens with one attached hydrogen (secondary N) is 1. The van der Waals surface area contributed by atoms with E-state index in [4.69, 9.17) is 0 Å². The Balaban J connectivity index is 1.44. The fourth-order valence-electron chi connectivity index (χ4n) is 4.61. The molecule has 5 nitrogen and oxygen atoms in total. The molecule has 28 heavy (non-hydrogen) atoms. The van der Waals surface area contributed by atoms with E-state index in [2.05, 4.69) is 40.5 Å². The van der Waals surface area contributed by atoms with Crippen molar-refractivity contribution in [2.45, 2.75) is 46.0 Å². The minimum absolute atomic E-state index is 0.0514. The Bertz CT molecular complexity index is 661. The van der Waals surface area contributed by atoms with Gasteiger partial charge in [-0.25, -0.2) is 0 Å². The highest BCUT2D eigenvalue weighted by Crippen LogP contribution is 2.39. The van der Waals surface area contributed by atoms with E-state index in [1.54, 1.807) is 0 Å². The van der Waals surface area contributed by atoms with Crippen LogP contribution in [0.5, 0.6) is 0 Å². The van der Waals surface area contributed by atoms with E-state index < -0.39 is 0 Å². The molecule has 0 aliphatic carbocycles. The van der Waals surface area contributed by atoms with Gasteiger partial charge in [-0.3, -0.25) is 9.59 Å². The van der Waals surface area contributed by atoms with Gasteiger partial charge >= 0.3 is 0 Å². The number of rotatable bonds is 7. The van der Waals surface area contributed by atoms with Gasteiger partial charge in [-0.1, -0.05) is 44.2 Å². The minimum atomic E-state index is -0.0829. The van der Waals surface area contributed by atoms with Crippen LogP contribution in [0.1, 0.15) is 45.1 Å². The number of carbonyl (C=O) groups is 2. The third-order valence-corrected chi connectivity index (χ3v) is 6.25. The zero-order chi connectivity index (χ0) is 20.0. The lowest BCUT2D eigenvalue weighted by atomic mass is 9.79. The van der Waals surface area contributed by atoms with Crippen molar-refractivity contribution in [3.05, 3.63) is 35.9 Å². The first-order valence-corrected chi connectivity index (χ1v) is 10.8. The van der Waals surface area contributed by atoms with Gasteiger partial charge in [-0.15, -0.1) is 0 Å². The number of amides is 2. The number of nitrogens with zero attached hydrogens (tertiary/aromatic N) is 2. The highest BCUT2D eigenvalue weighted by Gasteiger charge is 2.42. The Labute approximate surface area is 169 Å². The summed E-state index contributed by atoms with van der Waals surface area (Å²) in [6.07, 6.45) is 5.84. The average molecular weight is 386 g/mol. The van der Waals surface area contributed by atoms with Crippen molar-refractivity contribution in [2.75, 3.05) is 39.3 Å². The third-order valence-electron chi connectivity index (χ3n) is 6.25. The second-order valence-corrected chi connectivity index (χ2v) is 8.91. The van der Waals surface area contributed by atoms with Gasteiger partial charge in [0, 0.05) is 31.0 Å². The van der Waals surface area contributed by atoms with Crippen molar-refractivity contribution in [1.82, 2.24) is 15.1 Å². The molecule has 154 valence electrons. The van der Waals surface area contributed by atoms with Gasteiger partial charge in [0.1, 0.15) is 0 Å². The lowest BCUT2D eigenvalue weighted by Gasteiger charge is -2.40. The molecule has 0 saturated carbocycles. The van der Waals surface area contributed by atoms with E-state index in [1.807, 2.05) is 18.7 Å². The maximum Gasteiger partial charge on any atom is 0.241 e. The molecule has 1 aromatic rings. The van der Waals surface area contributed by atoms with E-state index in [9.17, 15) is 9.59 Å². The summed E-state index contributed by atoms with van der Waals surface area (Å²) in [5, 5.41) is 2.76. The summed E-state index contributed by atoms with van der Waals surface area (Å²) in [6, 6.07) is 10.7. The fourth-order valence-corrected chi connectivity index (χ4v) is 4.61.